The molecule has 0 bridgehead atoms. The van der Waals surface area contributed by atoms with Crippen LogP contribution in [0.3, 0.4) is 0 Å². The molecule has 4 aromatic rings. The van der Waals surface area contributed by atoms with Gasteiger partial charge in [-0.05, 0) is 24.3 Å². The summed E-state index contributed by atoms with van der Waals surface area (Å²) in [4.78, 5) is 20.3. The van der Waals surface area contributed by atoms with Gasteiger partial charge in [-0.1, -0.05) is 30.3 Å². The van der Waals surface area contributed by atoms with E-state index in [1.165, 1.54) is 11.3 Å². The van der Waals surface area contributed by atoms with Gasteiger partial charge in [0.1, 0.15) is 5.01 Å². The summed E-state index contributed by atoms with van der Waals surface area (Å²) in [6.07, 6.45) is 0. The van der Waals surface area contributed by atoms with E-state index in [1.54, 1.807) is 6.07 Å². The van der Waals surface area contributed by atoms with Crippen molar-refractivity contribution in [3.63, 3.8) is 0 Å². The minimum Gasteiger partial charge on any atom is -0.352 e. The Balaban J connectivity index is 1.76. The van der Waals surface area contributed by atoms with E-state index in [1.807, 2.05) is 48.5 Å². The molecule has 0 amide bonds. The summed E-state index contributed by atoms with van der Waals surface area (Å²) in [5.41, 5.74) is 2.14. The van der Waals surface area contributed by atoms with Gasteiger partial charge in [0.15, 0.2) is 5.92 Å². The van der Waals surface area contributed by atoms with Gasteiger partial charge < -0.3 is 4.98 Å². The molecule has 0 spiro atoms. The number of para-hydroxylation sites is 2. The minimum absolute atomic E-state index is 0.247. The Labute approximate surface area is 136 Å². The van der Waals surface area contributed by atoms with E-state index in [9.17, 15) is 10.1 Å². The molecule has 0 saturated heterocycles. The number of benzene rings is 2. The number of nitrogens with one attached hydrogen (secondary N) is 1. The van der Waals surface area contributed by atoms with E-state index >= 15 is 0 Å². The fourth-order valence-corrected chi connectivity index (χ4v) is 3.61. The number of nitriles is 1. The molecule has 4 nitrogen and oxygen atoms in total. The van der Waals surface area contributed by atoms with Crippen LogP contribution in [0.5, 0.6) is 0 Å². The van der Waals surface area contributed by atoms with Crippen molar-refractivity contribution in [3.05, 3.63) is 65.3 Å². The summed E-state index contributed by atoms with van der Waals surface area (Å²) in [6.45, 7) is 0. The Morgan fingerprint density at radius 1 is 1.17 bits per heavy atom. The summed E-state index contributed by atoms with van der Waals surface area (Å²) in [5, 5.41) is 11.0. The third kappa shape index (κ3) is 2.30. The van der Waals surface area contributed by atoms with Crippen LogP contribution < -0.4 is 0 Å². The highest BCUT2D eigenvalue weighted by molar-refractivity contribution is 7.18. The van der Waals surface area contributed by atoms with Crippen LogP contribution in [0.15, 0.2) is 54.6 Å². The van der Waals surface area contributed by atoms with Gasteiger partial charge in [0.25, 0.3) is 0 Å². The lowest BCUT2D eigenvalue weighted by Crippen LogP contribution is -2.11. The second-order valence-electron chi connectivity index (χ2n) is 5.22. The van der Waals surface area contributed by atoms with Gasteiger partial charge in [-0.3, -0.25) is 4.79 Å². The van der Waals surface area contributed by atoms with E-state index < -0.39 is 5.92 Å². The van der Waals surface area contributed by atoms with E-state index in [0.29, 0.717) is 10.7 Å². The quantitative estimate of drug-likeness (QED) is 0.574. The number of thiazole rings is 1. The smallest absolute Gasteiger partial charge is 0.203 e. The highest BCUT2D eigenvalue weighted by Gasteiger charge is 2.26. The molecule has 0 aliphatic carbocycles. The van der Waals surface area contributed by atoms with Gasteiger partial charge in [-0.25, -0.2) is 4.98 Å². The first-order chi connectivity index (χ1) is 11.3. The largest absolute Gasteiger partial charge is 0.352 e. The Kier molecular flexibility index (Phi) is 3.18. The van der Waals surface area contributed by atoms with Gasteiger partial charge >= 0.3 is 0 Å². The molecule has 110 valence electrons. The number of nitrogens with zero attached hydrogens (tertiary/aromatic N) is 2. The molecule has 5 heteroatoms. The number of Topliss-reactive ketones (excluding diaryl/α,β-unsaturated/α-hetero) is 1. The number of carbonyl (C=O) groups is 1. The zero-order valence-corrected chi connectivity index (χ0v) is 12.8. The zero-order valence-electron chi connectivity index (χ0n) is 12.0. The standard InChI is InChI=1S/C18H11N3OS/c19-10-12(18-21-14-7-3-4-8-16(14)23-18)17(22)15-9-11-5-1-2-6-13(11)20-15/h1-9,12,20H/t12-/m1/s1. The van der Waals surface area contributed by atoms with Crippen LogP contribution in [0.25, 0.3) is 21.1 Å². The number of hydrogen-bond acceptors (Lipinski definition) is 4. The topological polar surface area (TPSA) is 69.5 Å². The van der Waals surface area contributed by atoms with Crippen molar-refractivity contribution >= 4 is 38.2 Å². The van der Waals surface area contributed by atoms with Crippen LogP contribution in [0.4, 0.5) is 0 Å². The summed E-state index contributed by atoms with van der Waals surface area (Å²) in [7, 11) is 0. The molecule has 0 fully saturated rings. The molecular formula is C18H11N3OS. The third-order valence-electron chi connectivity index (χ3n) is 3.74. The normalized spacial score (nSPS) is 12.3. The van der Waals surface area contributed by atoms with Crippen molar-refractivity contribution in [1.82, 2.24) is 9.97 Å². The second kappa shape index (κ2) is 5.34. The first-order valence-corrected chi connectivity index (χ1v) is 7.95. The molecule has 0 aliphatic heterocycles. The van der Waals surface area contributed by atoms with Crippen molar-refractivity contribution in [2.24, 2.45) is 0 Å². The van der Waals surface area contributed by atoms with Crippen molar-refractivity contribution in [2.75, 3.05) is 0 Å². The van der Waals surface area contributed by atoms with Crippen LogP contribution in [0.1, 0.15) is 21.4 Å². The van der Waals surface area contributed by atoms with E-state index in [2.05, 4.69) is 16.0 Å². The van der Waals surface area contributed by atoms with E-state index in [4.69, 9.17) is 0 Å². The molecule has 2 heterocycles. The molecular weight excluding hydrogens is 306 g/mol. The highest BCUT2D eigenvalue weighted by Crippen LogP contribution is 2.29. The molecule has 2 aromatic heterocycles. The van der Waals surface area contributed by atoms with Gasteiger partial charge in [0, 0.05) is 10.9 Å². The maximum absolute atomic E-state index is 12.7. The van der Waals surface area contributed by atoms with Crippen LogP contribution in [0.2, 0.25) is 0 Å². The number of aromatic amines is 1. The number of fused-ring (bicyclic) bond motifs is 2. The monoisotopic (exact) mass is 317 g/mol. The van der Waals surface area contributed by atoms with Crippen molar-refractivity contribution in [1.29, 1.82) is 5.26 Å². The SMILES string of the molecule is N#C[C@H](C(=O)c1cc2ccccc2[nH]1)c1nc2ccccc2s1. The fourth-order valence-electron chi connectivity index (χ4n) is 2.60. The number of aromatic nitrogens is 2. The lowest BCUT2D eigenvalue weighted by Gasteiger charge is -2.02. The number of ketones is 1. The second-order valence-corrected chi connectivity index (χ2v) is 6.28. The average Bonchev–Trinajstić information content (AvgIpc) is 3.19. The lowest BCUT2D eigenvalue weighted by atomic mass is 10.0. The molecule has 1 atom stereocenters. The van der Waals surface area contributed by atoms with Crippen LogP contribution >= 0.6 is 11.3 Å². The van der Waals surface area contributed by atoms with Crippen molar-refractivity contribution in [2.45, 2.75) is 5.92 Å². The van der Waals surface area contributed by atoms with E-state index in [-0.39, 0.29) is 5.78 Å². The predicted molar refractivity (Wildman–Crippen MR) is 90.6 cm³/mol. The van der Waals surface area contributed by atoms with Gasteiger partial charge in [0.05, 0.1) is 22.0 Å². The van der Waals surface area contributed by atoms with Gasteiger partial charge in [-0.15, -0.1) is 11.3 Å². The Bertz CT molecular complexity index is 1000. The van der Waals surface area contributed by atoms with Crippen LogP contribution in [-0.4, -0.2) is 15.8 Å². The molecule has 23 heavy (non-hydrogen) atoms. The van der Waals surface area contributed by atoms with Crippen LogP contribution in [-0.2, 0) is 0 Å². The summed E-state index contributed by atoms with van der Waals surface area (Å²) >= 11 is 1.39. The first kappa shape index (κ1) is 13.7. The molecule has 0 aliphatic rings. The summed E-state index contributed by atoms with van der Waals surface area (Å²) in [5.74, 6) is -1.14. The predicted octanol–water partition coefficient (Wildman–Crippen LogP) is 4.27. The number of hydrogen-bond donors (Lipinski definition) is 1. The number of rotatable bonds is 3. The van der Waals surface area contributed by atoms with Crippen LogP contribution in [0, 0.1) is 11.3 Å². The Morgan fingerprint density at radius 3 is 2.74 bits per heavy atom. The molecule has 4 rings (SSSR count). The first-order valence-electron chi connectivity index (χ1n) is 7.13. The maximum atomic E-state index is 12.7. The fraction of sp³-hybridized carbons (Fsp3) is 0.0556. The minimum atomic E-state index is -0.888. The highest BCUT2D eigenvalue weighted by atomic mass is 32.1. The molecule has 0 unspecified atom stereocenters. The zero-order chi connectivity index (χ0) is 15.8. The number of carbonyl (C=O) groups excluding carboxylic acids is 1. The average molecular weight is 317 g/mol. The Hall–Kier alpha value is -2.97. The van der Waals surface area contributed by atoms with Crippen molar-refractivity contribution < 1.29 is 4.79 Å². The molecule has 0 saturated carbocycles. The lowest BCUT2D eigenvalue weighted by molar-refractivity contribution is 0.0975. The molecule has 1 N–H and O–H groups in total. The molecule has 0 radical (unpaired) electrons. The summed E-state index contributed by atoms with van der Waals surface area (Å²) in [6, 6.07) is 19.2. The maximum Gasteiger partial charge on any atom is 0.203 e. The van der Waals surface area contributed by atoms with E-state index in [0.717, 1.165) is 21.1 Å². The van der Waals surface area contributed by atoms with Crippen molar-refractivity contribution in [3.8, 4) is 6.07 Å². The number of H-pyrrole nitrogens is 1. The van der Waals surface area contributed by atoms with Gasteiger partial charge in [-0.2, -0.15) is 5.26 Å². The van der Waals surface area contributed by atoms with Gasteiger partial charge in [0.2, 0.25) is 5.78 Å². The Morgan fingerprint density at radius 2 is 1.96 bits per heavy atom. The third-order valence-corrected chi connectivity index (χ3v) is 4.85. The summed E-state index contributed by atoms with van der Waals surface area (Å²) < 4.78 is 0.979. The molecule has 2 aromatic carbocycles.